The minimum Gasteiger partial charge on any atom is -0.309 e. The monoisotopic (exact) mass is 1760 g/mol. The Bertz CT molecular complexity index is 9760. The topological polar surface area (TPSA) is 106 Å². The zero-order chi connectivity index (χ0) is 90.2. The number of fused-ring (bicyclic) bond motifs is 27. The van der Waals surface area contributed by atoms with Crippen LogP contribution in [0.5, 0.6) is 0 Å². The summed E-state index contributed by atoms with van der Waals surface area (Å²) in [6.45, 7) is 0. The molecule has 13 nitrogen and oxygen atoms in total. The standard InChI is InChI=1S/C125H75N13/c126-75-99-121(136-106-48-22-13-39-90(106)119-116(136)52-27-67-128-119)123(134-111-60-54-78(76-29-3-1-4-30-76)69-93(111)97-73-82(58-64-113(97)134)132-104-46-20-11-37-88(104)95-71-80(56-62-109(95)132)130-100-42-16-7-33-84(100)85-34-8-17-43-101(85)130)125(138-108-50-24-15-41-92(108)118-115(138)51-25-26-66-127-118)124(122(99)137-107-49-23-14-40-91(107)120-117(137)53-28-68-129-120)135-112-61-55-79(77-31-5-2-6-32-77)70-94(112)98-74-83(59-65-114(98)135)133-105-47-21-12-38-89(105)96-72-81(57-63-110(96)133)131-102-44-18-9-35-86(102)87-36-10-19-45-103(87)131/h1-25,27-74H,26H2. The molecular formula is C125H75N13. The molecule has 1 aliphatic heterocycles. The van der Waals surface area contributed by atoms with Gasteiger partial charge in [-0.2, -0.15) is 5.26 Å². The Balaban J connectivity index is 0.787. The van der Waals surface area contributed by atoms with Crippen molar-refractivity contribution in [3.8, 4) is 79.5 Å². The molecule has 29 aromatic rings. The molecule has 0 N–H and O–H groups in total. The molecule has 138 heavy (non-hydrogen) atoms. The molecule has 13 heteroatoms. The molecule has 0 fully saturated rings. The first-order valence-corrected chi connectivity index (χ1v) is 47.0. The highest BCUT2D eigenvalue weighted by atomic mass is 15.2. The first-order chi connectivity index (χ1) is 68.5. The average molecular weight is 1760 g/mol. The normalized spacial score (nSPS) is 12.5. The van der Waals surface area contributed by atoms with Gasteiger partial charge in [-0.05, 0) is 204 Å². The number of hydrogen-bond donors (Lipinski definition) is 0. The van der Waals surface area contributed by atoms with Crippen molar-refractivity contribution in [2.45, 2.75) is 6.42 Å². The van der Waals surface area contributed by atoms with Crippen LogP contribution < -0.4 is 0 Å². The largest absolute Gasteiger partial charge is 0.309 e. The van der Waals surface area contributed by atoms with Crippen LogP contribution in [0.25, 0.3) is 265 Å². The molecule has 0 unspecified atom stereocenters. The van der Waals surface area contributed by atoms with Gasteiger partial charge in [0.05, 0.1) is 145 Å². The van der Waals surface area contributed by atoms with Gasteiger partial charge in [-0.1, -0.05) is 243 Å². The van der Waals surface area contributed by atoms with Crippen molar-refractivity contribution in [1.29, 1.82) is 5.26 Å². The van der Waals surface area contributed by atoms with Gasteiger partial charge in [-0.3, -0.25) is 15.0 Å². The number of nitrogens with zero attached hydrogens (tertiary/aromatic N) is 13. The van der Waals surface area contributed by atoms with Crippen LogP contribution >= 0.6 is 0 Å². The lowest BCUT2D eigenvalue weighted by atomic mass is 10.0. The second-order valence-electron chi connectivity index (χ2n) is 36.3. The number of rotatable bonds is 11. The lowest BCUT2D eigenvalue weighted by Gasteiger charge is -2.30. The molecule has 0 saturated heterocycles. The highest BCUT2D eigenvalue weighted by Gasteiger charge is 2.39. The summed E-state index contributed by atoms with van der Waals surface area (Å²) in [7, 11) is 0. The van der Waals surface area contributed by atoms with Gasteiger partial charge in [0.2, 0.25) is 0 Å². The van der Waals surface area contributed by atoms with Crippen LogP contribution in [0.4, 0.5) is 5.69 Å². The van der Waals surface area contributed by atoms with Crippen molar-refractivity contribution in [2.24, 2.45) is 4.99 Å². The number of benzene rings is 18. The Morgan fingerprint density at radius 3 is 0.848 bits per heavy atom. The Labute approximate surface area is 787 Å². The van der Waals surface area contributed by atoms with E-state index >= 15 is 0 Å². The molecule has 12 heterocycles. The molecule has 30 rings (SSSR count). The van der Waals surface area contributed by atoms with E-state index in [2.05, 4.69) is 460 Å². The third-order valence-electron chi connectivity index (χ3n) is 29.3. The summed E-state index contributed by atoms with van der Waals surface area (Å²) in [6.07, 6.45) is 10.9. The van der Waals surface area contributed by atoms with Crippen molar-refractivity contribution in [2.75, 3.05) is 0 Å². The molecule has 0 amide bonds. The summed E-state index contributed by atoms with van der Waals surface area (Å²) >= 11 is 0. The maximum atomic E-state index is 14.1. The molecule has 0 radical (unpaired) electrons. The summed E-state index contributed by atoms with van der Waals surface area (Å²) in [5.74, 6) is 0. The third kappa shape index (κ3) is 10.6. The number of aromatic nitrogens is 11. The fraction of sp³-hybridized carbons (Fsp3) is 0.00800. The Hall–Kier alpha value is -18.9. The summed E-state index contributed by atoms with van der Waals surface area (Å²) in [5, 5.41) is 30.4. The second-order valence-corrected chi connectivity index (χ2v) is 36.3. The highest BCUT2D eigenvalue weighted by Crippen LogP contribution is 2.55. The van der Waals surface area contributed by atoms with E-state index in [1.54, 1.807) is 0 Å². The van der Waals surface area contributed by atoms with Gasteiger partial charge in [-0.25, -0.2) is 0 Å². The maximum Gasteiger partial charge on any atom is 0.105 e. The van der Waals surface area contributed by atoms with E-state index in [1.807, 2.05) is 30.7 Å². The predicted molar refractivity (Wildman–Crippen MR) is 571 cm³/mol. The van der Waals surface area contributed by atoms with Crippen LogP contribution in [0.1, 0.15) is 17.7 Å². The Morgan fingerprint density at radius 2 is 0.478 bits per heavy atom. The Morgan fingerprint density at radius 1 is 0.210 bits per heavy atom. The molecule has 0 saturated carbocycles. The van der Waals surface area contributed by atoms with Gasteiger partial charge in [0.1, 0.15) is 11.6 Å². The Kier molecular flexibility index (Phi) is 15.9. The first kappa shape index (κ1) is 75.7. The van der Waals surface area contributed by atoms with Crippen LogP contribution in [0.2, 0.25) is 0 Å². The van der Waals surface area contributed by atoms with Gasteiger partial charge in [-0.15, -0.1) is 0 Å². The molecule has 0 atom stereocenters. The summed E-state index contributed by atoms with van der Waals surface area (Å²) in [6, 6.07) is 154. The van der Waals surface area contributed by atoms with Crippen molar-refractivity contribution < 1.29 is 0 Å². The number of aliphatic imine (C=N–C) groups is 1. The van der Waals surface area contributed by atoms with Crippen molar-refractivity contribution in [3.05, 3.63) is 442 Å². The van der Waals surface area contributed by atoms with E-state index in [4.69, 9.17) is 15.0 Å². The van der Waals surface area contributed by atoms with Crippen molar-refractivity contribution in [1.82, 2.24) is 51.1 Å². The van der Waals surface area contributed by atoms with Gasteiger partial charge in [0, 0.05) is 129 Å². The van der Waals surface area contributed by atoms with Crippen LogP contribution in [-0.2, 0) is 0 Å². The zero-order valence-electron chi connectivity index (χ0n) is 74.2. The minimum atomic E-state index is 0.397. The summed E-state index contributed by atoms with van der Waals surface area (Å²) in [4.78, 5) is 16.4. The fourth-order valence-corrected chi connectivity index (χ4v) is 23.6. The average Bonchev–Trinajstić information content (AvgIpc) is 1.52. The second kappa shape index (κ2) is 29.1. The van der Waals surface area contributed by atoms with E-state index < -0.39 is 0 Å². The lowest BCUT2D eigenvalue weighted by molar-refractivity contribution is 0.975. The smallest absolute Gasteiger partial charge is 0.105 e. The molecule has 18 aromatic carbocycles. The summed E-state index contributed by atoms with van der Waals surface area (Å²) < 4.78 is 22.0. The minimum absolute atomic E-state index is 0.397. The molecule has 1 aliphatic rings. The lowest BCUT2D eigenvalue weighted by Crippen LogP contribution is -2.19. The third-order valence-corrected chi connectivity index (χ3v) is 29.3. The van der Waals surface area contributed by atoms with E-state index in [0.29, 0.717) is 23.4 Å². The molecular weight excluding hydrogens is 1680 g/mol. The number of pyridine rings is 2. The summed E-state index contributed by atoms with van der Waals surface area (Å²) in [5.41, 5.74) is 32.4. The predicted octanol–water partition coefficient (Wildman–Crippen LogP) is 31.5. The van der Waals surface area contributed by atoms with Crippen LogP contribution in [-0.4, -0.2) is 57.3 Å². The molecule has 11 aromatic heterocycles. The number of hydrogen-bond acceptors (Lipinski definition) is 4. The highest BCUT2D eigenvalue weighted by molar-refractivity contribution is 6.21. The van der Waals surface area contributed by atoms with Crippen molar-refractivity contribution >= 4 is 204 Å². The molecule has 0 bridgehead atoms. The van der Waals surface area contributed by atoms with E-state index in [1.165, 1.54) is 21.5 Å². The molecule has 640 valence electrons. The number of nitriles is 1. The van der Waals surface area contributed by atoms with Crippen LogP contribution in [0, 0.1) is 11.3 Å². The zero-order valence-corrected chi connectivity index (χ0v) is 74.2. The molecule has 0 aliphatic carbocycles. The van der Waals surface area contributed by atoms with E-state index in [-0.39, 0.29) is 0 Å². The molecule has 0 spiro atoms. The van der Waals surface area contributed by atoms with Gasteiger partial charge >= 0.3 is 0 Å². The number of para-hydroxylation sites is 9. The van der Waals surface area contributed by atoms with E-state index in [9.17, 15) is 5.26 Å². The van der Waals surface area contributed by atoms with Crippen molar-refractivity contribution in [3.63, 3.8) is 0 Å². The SMILES string of the molecule is N#Cc1c(-n2c3ccccc3c3ncccc32)c(-n2c3ccc(-c4ccccc4)cc3c3cc(-n4c5ccccc5c5cc(-n6c7ccccc7c7ccccc76)ccc54)ccc32)c(-n2c3c(c4ccccc42)N=CCC=C3)c(-n2c3ccc(-c4ccccc4)cc3c3cc(-n4c5ccccc5c5cc(-n6c7ccccc7c7ccccc76)ccc54)ccc32)c1-n1c2ccccc2c2ncccc21. The van der Waals surface area contributed by atoms with Gasteiger partial charge in [0.15, 0.2) is 0 Å². The van der Waals surface area contributed by atoms with E-state index in [0.717, 1.165) is 238 Å². The van der Waals surface area contributed by atoms with Crippen LogP contribution in [0.15, 0.2) is 436 Å². The maximum absolute atomic E-state index is 14.1. The van der Waals surface area contributed by atoms with Gasteiger partial charge in [0.25, 0.3) is 0 Å². The first-order valence-electron chi connectivity index (χ1n) is 47.0. The number of allylic oxidation sites excluding steroid dienone is 1. The fourth-order valence-electron chi connectivity index (χ4n) is 23.6. The van der Waals surface area contributed by atoms with Crippen LogP contribution in [0.3, 0.4) is 0 Å². The quantitative estimate of drug-likeness (QED) is 0.129. The van der Waals surface area contributed by atoms with Gasteiger partial charge < -0.3 is 41.1 Å².